The Labute approximate surface area is 154 Å². The minimum Gasteiger partial charge on any atom is -0.351 e. The van der Waals surface area contributed by atoms with Crippen LogP contribution < -0.4 is 5.32 Å². The molecule has 132 valence electrons. The number of thiazole rings is 1. The van der Waals surface area contributed by atoms with Crippen LogP contribution in [0.25, 0.3) is 21.1 Å². The summed E-state index contributed by atoms with van der Waals surface area (Å²) in [5.74, 6) is -0.246. The molecule has 0 atom stereocenters. The first-order valence-corrected chi connectivity index (χ1v) is 10.5. The maximum atomic E-state index is 12.7. The Morgan fingerprint density at radius 2 is 2.00 bits per heavy atom. The van der Waals surface area contributed by atoms with Gasteiger partial charge in [-0.15, -0.1) is 0 Å². The van der Waals surface area contributed by atoms with E-state index < -0.39 is 9.84 Å². The smallest absolute Gasteiger partial charge is 0.258 e. The summed E-state index contributed by atoms with van der Waals surface area (Å²) in [7, 11) is -1.36. The summed E-state index contributed by atoms with van der Waals surface area (Å²) in [6, 6.07) is 12.2. The third-order valence-corrected chi connectivity index (χ3v) is 6.22. The zero-order valence-electron chi connectivity index (χ0n) is 14.1. The van der Waals surface area contributed by atoms with E-state index in [1.54, 1.807) is 18.2 Å². The first-order valence-electron chi connectivity index (χ1n) is 7.79. The summed E-state index contributed by atoms with van der Waals surface area (Å²) in [5, 5.41) is 4.12. The zero-order valence-corrected chi connectivity index (χ0v) is 15.7. The largest absolute Gasteiger partial charge is 0.351 e. The third-order valence-electron chi connectivity index (χ3n) is 4.18. The summed E-state index contributed by atoms with van der Waals surface area (Å²) < 4.78 is 26.0. The monoisotopic (exact) mass is 385 g/mol. The number of nitrogens with zero attached hydrogens (tertiary/aromatic N) is 2. The number of hydrogen-bond donors (Lipinski definition) is 1. The third kappa shape index (κ3) is 2.87. The fourth-order valence-corrected chi connectivity index (χ4v) is 4.48. The van der Waals surface area contributed by atoms with E-state index in [9.17, 15) is 13.2 Å². The number of nitrogens with one attached hydrogen (secondary N) is 1. The Morgan fingerprint density at radius 1 is 1.19 bits per heavy atom. The molecule has 0 spiro atoms. The van der Waals surface area contributed by atoms with E-state index in [0.29, 0.717) is 20.9 Å². The van der Waals surface area contributed by atoms with E-state index in [-0.39, 0.29) is 10.8 Å². The van der Waals surface area contributed by atoms with Crippen LogP contribution in [-0.4, -0.2) is 30.1 Å². The normalized spacial score (nSPS) is 11.9. The number of aromatic nitrogens is 2. The molecule has 4 rings (SSSR count). The molecule has 0 fully saturated rings. The van der Waals surface area contributed by atoms with E-state index in [1.807, 2.05) is 36.0 Å². The van der Waals surface area contributed by atoms with Crippen LogP contribution in [-0.2, 0) is 16.9 Å². The second kappa shape index (κ2) is 5.93. The highest BCUT2D eigenvalue weighted by atomic mass is 32.2. The van der Waals surface area contributed by atoms with Crippen LogP contribution in [0.15, 0.2) is 53.6 Å². The van der Waals surface area contributed by atoms with Gasteiger partial charge < -0.3 is 4.57 Å². The lowest BCUT2D eigenvalue weighted by Gasteiger charge is -2.04. The molecule has 2 heterocycles. The van der Waals surface area contributed by atoms with Gasteiger partial charge >= 0.3 is 0 Å². The molecule has 0 saturated heterocycles. The number of amides is 1. The fraction of sp³-hybridized carbons (Fsp3) is 0.111. The maximum Gasteiger partial charge on any atom is 0.258 e. The lowest BCUT2D eigenvalue weighted by molar-refractivity contribution is 0.102. The van der Waals surface area contributed by atoms with Crippen molar-refractivity contribution in [2.24, 2.45) is 7.05 Å². The standard InChI is InChI=1S/C18H15N3O3S2/c1-21-9-8-12-13(4-3-5-15(12)21)17(22)20-18-19-14-7-6-11(26(2,23)24)10-16(14)25-18/h3-10H,1-2H3,(H,19,20,22). The summed E-state index contributed by atoms with van der Waals surface area (Å²) in [5.41, 5.74) is 2.19. The number of rotatable bonds is 3. The van der Waals surface area contributed by atoms with Crippen LogP contribution in [0.2, 0.25) is 0 Å². The number of aryl methyl sites for hydroxylation is 1. The number of fused-ring (bicyclic) bond motifs is 2. The molecule has 0 aliphatic heterocycles. The number of carbonyl (C=O) groups excluding carboxylic acids is 1. The van der Waals surface area contributed by atoms with Gasteiger partial charge in [0.1, 0.15) is 0 Å². The van der Waals surface area contributed by atoms with Crippen molar-refractivity contribution in [2.45, 2.75) is 4.90 Å². The van der Waals surface area contributed by atoms with Crippen molar-refractivity contribution >= 4 is 53.3 Å². The van der Waals surface area contributed by atoms with Crippen molar-refractivity contribution in [3.05, 3.63) is 54.2 Å². The lowest BCUT2D eigenvalue weighted by atomic mass is 10.1. The lowest BCUT2D eigenvalue weighted by Crippen LogP contribution is -2.11. The van der Waals surface area contributed by atoms with Crippen LogP contribution in [0.1, 0.15) is 10.4 Å². The fourth-order valence-electron chi connectivity index (χ4n) is 2.85. The first-order chi connectivity index (χ1) is 12.3. The summed E-state index contributed by atoms with van der Waals surface area (Å²) >= 11 is 1.25. The van der Waals surface area contributed by atoms with Gasteiger partial charge in [0, 0.05) is 36.0 Å². The van der Waals surface area contributed by atoms with Crippen LogP contribution in [0, 0.1) is 0 Å². The second-order valence-corrected chi connectivity index (χ2v) is 9.09. The molecule has 0 unspecified atom stereocenters. The molecule has 0 saturated carbocycles. The minimum absolute atomic E-state index is 0.237. The number of sulfone groups is 1. The number of hydrogen-bond acceptors (Lipinski definition) is 5. The average molecular weight is 385 g/mol. The topological polar surface area (TPSA) is 81.1 Å². The van der Waals surface area contributed by atoms with Crippen LogP contribution in [0.5, 0.6) is 0 Å². The molecule has 2 aromatic carbocycles. The second-order valence-electron chi connectivity index (χ2n) is 6.04. The maximum absolute atomic E-state index is 12.7. The summed E-state index contributed by atoms with van der Waals surface area (Å²) in [4.78, 5) is 17.3. The molecule has 0 aliphatic rings. The Hall–Kier alpha value is -2.71. The predicted molar refractivity (Wildman–Crippen MR) is 104 cm³/mol. The van der Waals surface area contributed by atoms with E-state index in [0.717, 1.165) is 10.9 Å². The molecule has 2 aromatic heterocycles. The Balaban J connectivity index is 1.69. The van der Waals surface area contributed by atoms with Crippen molar-refractivity contribution in [1.82, 2.24) is 9.55 Å². The van der Waals surface area contributed by atoms with Gasteiger partial charge in [-0.05, 0) is 36.4 Å². The molecule has 26 heavy (non-hydrogen) atoms. The van der Waals surface area contributed by atoms with Crippen molar-refractivity contribution in [1.29, 1.82) is 0 Å². The van der Waals surface area contributed by atoms with Crippen molar-refractivity contribution < 1.29 is 13.2 Å². The van der Waals surface area contributed by atoms with Gasteiger partial charge in [0.2, 0.25) is 0 Å². The highest BCUT2D eigenvalue weighted by molar-refractivity contribution is 7.90. The van der Waals surface area contributed by atoms with E-state index >= 15 is 0 Å². The molecule has 1 amide bonds. The molecule has 6 nitrogen and oxygen atoms in total. The van der Waals surface area contributed by atoms with Crippen molar-refractivity contribution in [3.8, 4) is 0 Å². The molecule has 4 aromatic rings. The van der Waals surface area contributed by atoms with Gasteiger partial charge in [-0.1, -0.05) is 17.4 Å². The van der Waals surface area contributed by atoms with Gasteiger partial charge in [-0.2, -0.15) is 0 Å². The van der Waals surface area contributed by atoms with Crippen molar-refractivity contribution in [3.63, 3.8) is 0 Å². The van der Waals surface area contributed by atoms with Gasteiger partial charge in [0.15, 0.2) is 15.0 Å². The van der Waals surface area contributed by atoms with Gasteiger partial charge in [-0.3, -0.25) is 10.1 Å². The molecule has 0 radical (unpaired) electrons. The average Bonchev–Trinajstić information content (AvgIpc) is 3.16. The first kappa shape index (κ1) is 16.7. The SMILES string of the molecule is Cn1ccc2c(C(=O)Nc3nc4ccc(S(C)(=O)=O)cc4s3)cccc21. The minimum atomic E-state index is -3.28. The Bertz CT molecular complexity index is 1270. The van der Waals surface area contributed by atoms with Gasteiger partial charge in [0.05, 0.1) is 15.1 Å². The quantitative estimate of drug-likeness (QED) is 0.586. The zero-order chi connectivity index (χ0) is 18.5. The molecular formula is C18H15N3O3S2. The van der Waals surface area contributed by atoms with Crippen LogP contribution in [0.4, 0.5) is 5.13 Å². The van der Waals surface area contributed by atoms with Gasteiger partial charge in [-0.25, -0.2) is 13.4 Å². The van der Waals surface area contributed by atoms with Crippen LogP contribution in [0.3, 0.4) is 0 Å². The number of carbonyl (C=O) groups is 1. The molecule has 1 N–H and O–H groups in total. The van der Waals surface area contributed by atoms with Crippen LogP contribution >= 0.6 is 11.3 Å². The van der Waals surface area contributed by atoms with E-state index in [2.05, 4.69) is 10.3 Å². The van der Waals surface area contributed by atoms with Crippen molar-refractivity contribution in [2.75, 3.05) is 11.6 Å². The number of benzene rings is 2. The summed E-state index contributed by atoms with van der Waals surface area (Å²) in [6.45, 7) is 0. The molecular weight excluding hydrogens is 370 g/mol. The molecule has 8 heteroatoms. The Kier molecular flexibility index (Phi) is 3.82. The number of anilines is 1. The van der Waals surface area contributed by atoms with E-state index in [4.69, 9.17) is 0 Å². The highest BCUT2D eigenvalue weighted by Crippen LogP contribution is 2.29. The van der Waals surface area contributed by atoms with E-state index in [1.165, 1.54) is 23.7 Å². The predicted octanol–water partition coefficient (Wildman–Crippen LogP) is 3.44. The Morgan fingerprint density at radius 3 is 2.77 bits per heavy atom. The summed E-state index contributed by atoms with van der Waals surface area (Å²) in [6.07, 6.45) is 3.07. The molecule has 0 aliphatic carbocycles. The van der Waals surface area contributed by atoms with Gasteiger partial charge in [0.25, 0.3) is 5.91 Å². The molecule has 0 bridgehead atoms. The highest BCUT2D eigenvalue weighted by Gasteiger charge is 2.15.